The molecular formula is C25H20ClN7. The predicted molar refractivity (Wildman–Crippen MR) is 129 cm³/mol. The largest absolute Gasteiger partial charge is 0.346 e. The summed E-state index contributed by atoms with van der Waals surface area (Å²) in [7, 11) is 1.84. The summed E-state index contributed by atoms with van der Waals surface area (Å²) in [6, 6.07) is 19.9. The summed E-state index contributed by atoms with van der Waals surface area (Å²) in [6.07, 6.45) is 6.20. The van der Waals surface area contributed by atoms with Gasteiger partial charge in [-0.3, -0.25) is 4.68 Å². The van der Waals surface area contributed by atoms with Gasteiger partial charge in [0.25, 0.3) is 0 Å². The minimum absolute atomic E-state index is 0.465. The lowest BCUT2D eigenvalue weighted by atomic mass is 10.0. The van der Waals surface area contributed by atoms with Crippen LogP contribution in [0.2, 0.25) is 5.02 Å². The van der Waals surface area contributed by atoms with E-state index in [1.807, 2.05) is 61.8 Å². The topological polar surface area (TPSA) is 84.4 Å². The number of hydrogen-bond acceptors (Lipinski definition) is 5. The highest BCUT2D eigenvalue weighted by Gasteiger charge is 2.12. The van der Waals surface area contributed by atoms with Gasteiger partial charge in [-0.1, -0.05) is 29.8 Å². The molecule has 0 saturated carbocycles. The van der Waals surface area contributed by atoms with Crippen molar-refractivity contribution in [3.8, 4) is 17.3 Å². The van der Waals surface area contributed by atoms with Crippen LogP contribution in [0, 0.1) is 11.3 Å². The first kappa shape index (κ1) is 20.7. The number of hydrogen-bond donors (Lipinski definition) is 1. The molecule has 0 spiro atoms. The molecule has 0 aliphatic carbocycles. The molecule has 0 bridgehead atoms. The van der Waals surface area contributed by atoms with Gasteiger partial charge >= 0.3 is 0 Å². The third-order valence-electron chi connectivity index (χ3n) is 5.57. The summed E-state index contributed by atoms with van der Waals surface area (Å²) in [5.41, 5.74) is 4.20. The Labute approximate surface area is 195 Å². The van der Waals surface area contributed by atoms with Gasteiger partial charge in [0.05, 0.1) is 23.0 Å². The number of halogens is 1. The van der Waals surface area contributed by atoms with E-state index in [1.54, 1.807) is 17.1 Å². The van der Waals surface area contributed by atoms with Crippen molar-refractivity contribution in [3.05, 3.63) is 89.3 Å². The molecule has 3 aromatic heterocycles. The first-order valence-electron chi connectivity index (χ1n) is 10.5. The fourth-order valence-electron chi connectivity index (χ4n) is 3.90. The number of aromatic nitrogens is 5. The summed E-state index contributed by atoms with van der Waals surface area (Å²) in [4.78, 5) is 8.95. The maximum absolute atomic E-state index is 9.90. The highest BCUT2D eigenvalue weighted by atomic mass is 35.5. The number of nitrogens with one attached hydrogen (secondary N) is 1. The molecule has 0 aliphatic heterocycles. The number of benzene rings is 2. The summed E-state index contributed by atoms with van der Waals surface area (Å²) in [6.45, 7) is 0.730. The van der Waals surface area contributed by atoms with E-state index >= 15 is 0 Å². The van der Waals surface area contributed by atoms with Crippen LogP contribution >= 0.6 is 11.6 Å². The van der Waals surface area contributed by atoms with E-state index in [-0.39, 0.29) is 0 Å². The second-order valence-electron chi connectivity index (χ2n) is 7.65. The molecule has 1 N–H and O–H groups in total. The van der Waals surface area contributed by atoms with Crippen LogP contribution in [0.3, 0.4) is 0 Å². The van der Waals surface area contributed by atoms with Crippen LogP contribution in [-0.2, 0) is 20.0 Å². The predicted octanol–water partition coefficient (Wildman–Crippen LogP) is 5.34. The molecular weight excluding hydrogens is 434 g/mol. The average molecular weight is 454 g/mol. The van der Waals surface area contributed by atoms with Crippen molar-refractivity contribution in [1.82, 2.24) is 24.3 Å². The van der Waals surface area contributed by atoms with Crippen LogP contribution in [0.5, 0.6) is 0 Å². The molecule has 0 fully saturated rings. The number of fused-ring (bicyclic) bond motifs is 1. The van der Waals surface area contributed by atoms with Crippen LogP contribution in [0.25, 0.3) is 22.2 Å². The minimum Gasteiger partial charge on any atom is -0.346 e. The molecule has 3 heterocycles. The van der Waals surface area contributed by atoms with E-state index in [1.165, 1.54) is 0 Å². The van der Waals surface area contributed by atoms with Gasteiger partial charge in [-0.15, -0.1) is 0 Å². The first-order valence-corrected chi connectivity index (χ1v) is 10.8. The highest BCUT2D eigenvalue weighted by molar-refractivity contribution is 6.31. The third kappa shape index (κ3) is 4.16. The Hall–Kier alpha value is -4.15. The molecule has 5 aromatic rings. The lowest BCUT2D eigenvalue weighted by Gasteiger charge is -2.10. The Morgan fingerprint density at radius 3 is 2.76 bits per heavy atom. The van der Waals surface area contributed by atoms with Crippen LogP contribution in [0.4, 0.5) is 11.8 Å². The van der Waals surface area contributed by atoms with Crippen molar-refractivity contribution in [2.24, 2.45) is 7.05 Å². The zero-order valence-corrected chi connectivity index (χ0v) is 18.7. The molecule has 0 atom stereocenters. The summed E-state index contributed by atoms with van der Waals surface area (Å²) >= 11 is 6.31. The molecule has 0 saturated heterocycles. The molecule has 162 valence electrons. The van der Waals surface area contributed by atoms with E-state index in [2.05, 4.69) is 37.1 Å². The van der Waals surface area contributed by atoms with Crippen molar-refractivity contribution in [1.29, 1.82) is 5.26 Å². The van der Waals surface area contributed by atoms with Crippen LogP contribution in [0.15, 0.2) is 73.2 Å². The average Bonchev–Trinajstić information content (AvgIpc) is 3.44. The Balaban J connectivity index is 1.46. The van der Waals surface area contributed by atoms with E-state index in [0.717, 1.165) is 51.5 Å². The summed E-state index contributed by atoms with van der Waals surface area (Å²) < 4.78 is 3.82. The SMILES string of the molecule is Cn1nccc1Nc1nccc(-c2cc(C#N)c3c(ccn3CCc3ccccc3Cl)c2)n1. The van der Waals surface area contributed by atoms with Gasteiger partial charge in [0, 0.05) is 48.0 Å². The van der Waals surface area contributed by atoms with Crippen LogP contribution < -0.4 is 5.32 Å². The lowest BCUT2D eigenvalue weighted by Crippen LogP contribution is -2.03. The monoisotopic (exact) mass is 453 g/mol. The van der Waals surface area contributed by atoms with Crippen molar-refractivity contribution >= 4 is 34.3 Å². The lowest BCUT2D eigenvalue weighted by molar-refractivity contribution is 0.722. The summed E-state index contributed by atoms with van der Waals surface area (Å²) in [5.74, 6) is 1.25. The second kappa shape index (κ2) is 8.77. The Bertz CT molecular complexity index is 1490. The molecule has 7 nitrogen and oxygen atoms in total. The zero-order chi connectivity index (χ0) is 22.8. The maximum atomic E-state index is 9.90. The molecule has 2 aromatic carbocycles. The number of aryl methyl sites for hydroxylation is 3. The zero-order valence-electron chi connectivity index (χ0n) is 17.9. The molecule has 0 aliphatic rings. The normalized spacial score (nSPS) is 10.9. The standard InChI is InChI=1S/C25H20ClN7/c1-32-23(7-11-29-32)31-25-28-10-6-22(30-25)19-14-18-9-13-33(24(18)20(15-19)16-27)12-8-17-4-2-3-5-21(17)26/h2-7,9-11,13-15H,8,12H2,1H3,(H,28,30,31). The quantitative estimate of drug-likeness (QED) is 0.375. The number of nitrogens with zero attached hydrogens (tertiary/aromatic N) is 6. The molecule has 33 heavy (non-hydrogen) atoms. The Kier molecular flexibility index (Phi) is 5.51. The van der Waals surface area contributed by atoms with E-state index in [0.29, 0.717) is 11.5 Å². The number of nitriles is 1. The van der Waals surface area contributed by atoms with Crippen LogP contribution in [0.1, 0.15) is 11.1 Å². The third-order valence-corrected chi connectivity index (χ3v) is 5.94. The van der Waals surface area contributed by atoms with Gasteiger partial charge in [-0.05, 0) is 42.3 Å². The Morgan fingerprint density at radius 2 is 1.97 bits per heavy atom. The van der Waals surface area contributed by atoms with Crippen molar-refractivity contribution in [2.75, 3.05) is 5.32 Å². The fourth-order valence-corrected chi connectivity index (χ4v) is 4.13. The minimum atomic E-state index is 0.465. The summed E-state index contributed by atoms with van der Waals surface area (Å²) in [5, 5.41) is 19.0. The van der Waals surface area contributed by atoms with E-state index in [9.17, 15) is 5.26 Å². The van der Waals surface area contributed by atoms with Crippen molar-refractivity contribution in [2.45, 2.75) is 13.0 Å². The van der Waals surface area contributed by atoms with Gasteiger partial charge in [0.2, 0.25) is 5.95 Å². The van der Waals surface area contributed by atoms with E-state index < -0.39 is 0 Å². The fraction of sp³-hybridized carbons (Fsp3) is 0.120. The molecule has 5 rings (SSSR count). The van der Waals surface area contributed by atoms with Gasteiger partial charge < -0.3 is 9.88 Å². The van der Waals surface area contributed by atoms with Crippen molar-refractivity contribution < 1.29 is 0 Å². The Morgan fingerprint density at radius 1 is 1.09 bits per heavy atom. The number of anilines is 2. The second-order valence-corrected chi connectivity index (χ2v) is 8.06. The van der Waals surface area contributed by atoms with Gasteiger partial charge in [0.1, 0.15) is 11.9 Å². The molecule has 8 heteroatoms. The molecule has 0 amide bonds. The highest BCUT2D eigenvalue weighted by Crippen LogP contribution is 2.29. The molecule has 0 radical (unpaired) electrons. The van der Waals surface area contributed by atoms with Gasteiger partial charge in [0.15, 0.2) is 0 Å². The smallest absolute Gasteiger partial charge is 0.228 e. The van der Waals surface area contributed by atoms with Crippen molar-refractivity contribution in [3.63, 3.8) is 0 Å². The number of rotatable bonds is 6. The van der Waals surface area contributed by atoms with Gasteiger partial charge in [-0.2, -0.15) is 10.4 Å². The molecule has 0 unspecified atom stereocenters. The maximum Gasteiger partial charge on any atom is 0.228 e. The van der Waals surface area contributed by atoms with E-state index in [4.69, 9.17) is 11.6 Å². The first-order chi connectivity index (χ1) is 16.1. The van der Waals surface area contributed by atoms with Crippen LogP contribution in [-0.4, -0.2) is 24.3 Å². The van der Waals surface area contributed by atoms with Gasteiger partial charge in [-0.25, -0.2) is 9.97 Å².